The molecule has 0 atom stereocenters. The van der Waals surface area contributed by atoms with Crippen molar-refractivity contribution in [2.75, 3.05) is 11.9 Å². The van der Waals surface area contributed by atoms with Gasteiger partial charge in [0.25, 0.3) is 5.91 Å². The Morgan fingerprint density at radius 1 is 1.38 bits per heavy atom. The van der Waals surface area contributed by atoms with E-state index in [-0.39, 0.29) is 10.7 Å². The highest BCUT2D eigenvalue weighted by Gasteiger charge is 2.27. The van der Waals surface area contributed by atoms with Gasteiger partial charge in [0.1, 0.15) is 5.56 Å². The number of anilines is 1. The van der Waals surface area contributed by atoms with Crippen LogP contribution in [0.1, 0.15) is 15.9 Å². The summed E-state index contributed by atoms with van der Waals surface area (Å²) in [5, 5.41) is 10.8. The first-order valence-electron chi connectivity index (χ1n) is 6.05. The van der Waals surface area contributed by atoms with E-state index >= 15 is 0 Å². The molecule has 0 fully saturated rings. The molecule has 0 spiro atoms. The average Bonchev–Trinajstić information content (AvgIpc) is 2.45. The molecule has 0 aliphatic rings. The zero-order valence-electron chi connectivity index (χ0n) is 11.4. The van der Waals surface area contributed by atoms with Crippen LogP contribution >= 0.6 is 11.6 Å². The number of rotatable bonds is 3. The molecular weight excluding hydrogens is 294 g/mol. The maximum absolute atomic E-state index is 12.5. The third kappa shape index (κ3) is 3.00. The van der Waals surface area contributed by atoms with Crippen LogP contribution in [-0.2, 0) is 0 Å². The number of carbonyl (C=O) groups is 1. The number of benzene rings is 1. The van der Waals surface area contributed by atoms with Crippen molar-refractivity contribution in [3.05, 3.63) is 62.9 Å². The number of nitro groups is 1. The Morgan fingerprint density at radius 3 is 2.71 bits per heavy atom. The van der Waals surface area contributed by atoms with Gasteiger partial charge in [0.15, 0.2) is 0 Å². The second-order valence-corrected chi connectivity index (χ2v) is 4.82. The molecule has 2 aromatic rings. The summed E-state index contributed by atoms with van der Waals surface area (Å²) in [7, 11) is 1.55. The van der Waals surface area contributed by atoms with E-state index in [0.29, 0.717) is 5.69 Å². The number of pyridine rings is 1. The second-order valence-electron chi connectivity index (χ2n) is 4.46. The van der Waals surface area contributed by atoms with Crippen molar-refractivity contribution < 1.29 is 9.72 Å². The molecule has 0 N–H and O–H groups in total. The molecule has 2 rings (SSSR count). The monoisotopic (exact) mass is 305 g/mol. The van der Waals surface area contributed by atoms with Crippen molar-refractivity contribution in [2.24, 2.45) is 0 Å². The van der Waals surface area contributed by atoms with Gasteiger partial charge in [0.2, 0.25) is 5.15 Å². The molecule has 1 heterocycles. The summed E-state index contributed by atoms with van der Waals surface area (Å²) in [6.07, 6.45) is 1.27. The molecule has 0 aliphatic heterocycles. The first-order chi connectivity index (χ1) is 9.91. The van der Waals surface area contributed by atoms with Crippen LogP contribution in [0.5, 0.6) is 0 Å². The lowest BCUT2D eigenvalue weighted by Gasteiger charge is -2.17. The fourth-order valence-corrected chi connectivity index (χ4v) is 2.14. The Balaban J connectivity index is 2.45. The molecule has 108 valence electrons. The highest BCUT2D eigenvalue weighted by atomic mass is 35.5. The van der Waals surface area contributed by atoms with Gasteiger partial charge in [-0.2, -0.15) is 0 Å². The number of amides is 1. The van der Waals surface area contributed by atoms with Crippen molar-refractivity contribution in [2.45, 2.75) is 6.92 Å². The highest BCUT2D eigenvalue weighted by Crippen LogP contribution is 2.28. The lowest BCUT2D eigenvalue weighted by atomic mass is 10.1. The summed E-state index contributed by atoms with van der Waals surface area (Å²) in [4.78, 5) is 27.8. The molecule has 1 amide bonds. The number of hydrogen-bond acceptors (Lipinski definition) is 4. The molecule has 0 aliphatic carbocycles. The van der Waals surface area contributed by atoms with Gasteiger partial charge in [0, 0.05) is 18.9 Å². The van der Waals surface area contributed by atoms with Crippen molar-refractivity contribution in [1.29, 1.82) is 0 Å². The molecule has 0 unspecified atom stereocenters. The smallest absolute Gasteiger partial charge is 0.311 e. The lowest BCUT2D eigenvalue weighted by Crippen LogP contribution is -2.27. The molecule has 7 heteroatoms. The van der Waals surface area contributed by atoms with Crippen LogP contribution < -0.4 is 4.90 Å². The summed E-state index contributed by atoms with van der Waals surface area (Å²) < 4.78 is 0. The first kappa shape index (κ1) is 14.9. The number of aryl methyl sites for hydroxylation is 1. The Morgan fingerprint density at radius 2 is 2.10 bits per heavy atom. The molecule has 1 aromatic heterocycles. The van der Waals surface area contributed by atoms with E-state index < -0.39 is 16.5 Å². The summed E-state index contributed by atoms with van der Waals surface area (Å²) in [5.74, 6) is -0.517. The number of halogens is 1. The fourth-order valence-electron chi connectivity index (χ4n) is 1.91. The number of nitrogens with zero attached hydrogens (tertiary/aromatic N) is 3. The maximum atomic E-state index is 12.5. The summed E-state index contributed by atoms with van der Waals surface area (Å²) in [6, 6.07) is 8.56. The van der Waals surface area contributed by atoms with Crippen LogP contribution in [0.2, 0.25) is 5.15 Å². The van der Waals surface area contributed by atoms with E-state index in [0.717, 1.165) is 5.56 Å². The van der Waals surface area contributed by atoms with Crippen LogP contribution in [0.4, 0.5) is 11.4 Å². The average molecular weight is 306 g/mol. The normalized spacial score (nSPS) is 10.2. The Labute approximate surface area is 126 Å². The fraction of sp³-hybridized carbons (Fsp3) is 0.143. The minimum absolute atomic E-state index is 0.0935. The molecule has 21 heavy (non-hydrogen) atoms. The van der Waals surface area contributed by atoms with Crippen molar-refractivity contribution in [3.8, 4) is 0 Å². The zero-order valence-corrected chi connectivity index (χ0v) is 12.2. The predicted octanol–water partition coefficient (Wildman–Crippen LogP) is 3.23. The van der Waals surface area contributed by atoms with Crippen LogP contribution in [-0.4, -0.2) is 22.9 Å². The molecule has 0 bridgehead atoms. The van der Waals surface area contributed by atoms with E-state index in [1.54, 1.807) is 13.1 Å². The molecule has 1 aromatic carbocycles. The number of carbonyl (C=O) groups excluding carboxylic acids is 1. The Kier molecular flexibility index (Phi) is 4.18. The van der Waals surface area contributed by atoms with Gasteiger partial charge in [-0.3, -0.25) is 14.9 Å². The van der Waals surface area contributed by atoms with Gasteiger partial charge >= 0.3 is 5.69 Å². The van der Waals surface area contributed by atoms with Crippen LogP contribution in [0.3, 0.4) is 0 Å². The number of aromatic nitrogens is 1. The van der Waals surface area contributed by atoms with Gasteiger partial charge in [-0.05, 0) is 30.7 Å². The quantitative estimate of drug-likeness (QED) is 0.495. The van der Waals surface area contributed by atoms with Gasteiger partial charge in [0.05, 0.1) is 4.92 Å². The Hall–Kier alpha value is -2.47. The van der Waals surface area contributed by atoms with E-state index in [1.807, 2.05) is 25.1 Å². The predicted molar refractivity (Wildman–Crippen MR) is 79.8 cm³/mol. The largest absolute Gasteiger partial charge is 0.319 e. The van der Waals surface area contributed by atoms with Crippen LogP contribution in [0, 0.1) is 17.0 Å². The van der Waals surface area contributed by atoms with E-state index in [9.17, 15) is 14.9 Å². The van der Waals surface area contributed by atoms with E-state index in [2.05, 4.69) is 4.98 Å². The van der Waals surface area contributed by atoms with E-state index in [1.165, 1.54) is 17.2 Å². The van der Waals surface area contributed by atoms with Gasteiger partial charge in [-0.25, -0.2) is 4.98 Å². The molecular formula is C14H12ClN3O3. The molecule has 6 nitrogen and oxygen atoms in total. The third-order valence-corrected chi connectivity index (χ3v) is 3.26. The molecule has 0 saturated carbocycles. The second kappa shape index (κ2) is 5.88. The molecule has 0 radical (unpaired) electrons. The highest BCUT2D eigenvalue weighted by molar-refractivity contribution is 6.32. The van der Waals surface area contributed by atoms with Crippen molar-refractivity contribution in [1.82, 2.24) is 4.98 Å². The van der Waals surface area contributed by atoms with Crippen LogP contribution in [0.25, 0.3) is 0 Å². The SMILES string of the molecule is Cc1cccc(N(C)C(=O)c2ccnc(Cl)c2[N+](=O)[O-])c1. The third-order valence-electron chi connectivity index (χ3n) is 2.99. The Bertz CT molecular complexity index is 718. The topological polar surface area (TPSA) is 76.3 Å². The van der Waals surface area contributed by atoms with Gasteiger partial charge < -0.3 is 4.90 Å². The number of hydrogen-bond donors (Lipinski definition) is 0. The summed E-state index contributed by atoms with van der Waals surface area (Å²) in [6.45, 7) is 1.90. The lowest BCUT2D eigenvalue weighted by molar-refractivity contribution is -0.385. The molecule has 0 saturated heterocycles. The van der Waals surface area contributed by atoms with E-state index in [4.69, 9.17) is 11.6 Å². The van der Waals surface area contributed by atoms with Gasteiger partial charge in [-0.15, -0.1) is 0 Å². The maximum Gasteiger partial charge on any atom is 0.319 e. The summed E-state index contributed by atoms with van der Waals surface area (Å²) in [5.41, 5.74) is 1.05. The standard InChI is InChI=1S/C14H12ClN3O3/c1-9-4-3-5-10(8-9)17(2)14(19)11-6-7-16-13(15)12(11)18(20)21/h3-8H,1-2H3. The first-order valence-corrected chi connectivity index (χ1v) is 6.43. The summed E-state index contributed by atoms with van der Waals surface area (Å²) >= 11 is 5.72. The van der Waals surface area contributed by atoms with Crippen molar-refractivity contribution in [3.63, 3.8) is 0 Å². The minimum Gasteiger partial charge on any atom is -0.311 e. The van der Waals surface area contributed by atoms with Crippen molar-refractivity contribution >= 4 is 28.9 Å². The van der Waals surface area contributed by atoms with Crippen LogP contribution in [0.15, 0.2) is 36.5 Å². The zero-order chi connectivity index (χ0) is 15.6. The minimum atomic E-state index is -0.702. The van der Waals surface area contributed by atoms with Gasteiger partial charge in [-0.1, -0.05) is 23.7 Å².